The van der Waals surface area contributed by atoms with Crippen LogP contribution in [0.5, 0.6) is 11.5 Å². The SMILES string of the molecule is COc1cc2c(cc1OC)/C(=C1/C(c3ccccc3)=Cc3ccccc31)C(c1cccc([N+](=O)[O-])c1)N(Cc1ccccc1)C2. The van der Waals surface area contributed by atoms with Crippen molar-refractivity contribution in [2.75, 3.05) is 14.2 Å². The van der Waals surface area contributed by atoms with Crippen LogP contribution in [0, 0.1) is 10.1 Å². The predicted molar refractivity (Wildman–Crippen MR) is 179 cm³/mol. The first-order valence-electron chi connectivity index (χ1n) is 14.9. The number of methoxy groups -OCH3 is 2. The van der Waals surface area contributed by atoms with Gasteiger partial charge in [0.2, 0.25) is 0 Å². The maximum Gasteiger partial charge on any atom is 0.269 e. The predicted octanol–water partition coefficient (Wildman–Crippen LogP) is 8.83. The molecule has 5 aromatic rings. The standard InChI is InChI=1S/C39H32N2O4/c1-44-35-22-30-25-40(24-26-12-5-3-6-13-26)39(29-17-11-18-31(20-29)41(42)43)38(34(30)23-36(35)45-2)37-32-19-10-9-16-28(32)21-33(37)27-14-7-4-8-15-27/h3-23,39H,24-25H2,1-2H3/b38-37-. The van der Waals surface area contributed by atoms with E-state index in [1.807, 2.05) is 30.3 Å². The van der Waals surface area contributed by atoms with E-state index in [0.717, 1.165) is 55.7 Å². The first-order chi connectivity index (χ1) is 22.1. The van der Waals surface area contributed by atoms with Crippen LogP contribution < -0.4 is 9.47 Å². The van der Waals surface area contributed by atoms with Crippen molar-refractivity contribution >= 4 is 28.5 Å². The fourth-order valence-electron chi connectivity index (χ4n) is 6.72. The molecule has 222 valence electrons. The molecule has 1 atom stereocenters. The molecule has 0 aromatic heterocycles. The number of nitro groups is 1. The summed E-state index contributed by atoms with van der Waals surface area (Å²) in [6, 6.07) is 40.2. The van der Waals surface area contributed by atoms with Crippen LogP contribution in [0.4, 0.5) is 5.69 Å². The summed E-state index contributed by atoms with van der Waals surface area (Å²) in [4.78, 5) is 14.1. The second-order valence-electron chi connectivity index (χ2n) is 11.3. The number of nitro benzene ring substituents is 1. The van der Waals surface area contributed by atoms with Gasteiger partial charge < -0.3 is 9.47 Å². The Balaban J connectivity index is 1.58. The molecule has 0 fully saturated rings. The van der Waals surface area contributed by atoms with Crippen molar-refractivity contribution in [3.05, 3.63) is 170 Å². The van der Waals surface area contributed by atoms with Gasteiger partial charge in [-0.1, -0.05) is 97.1 Å². The highest BCUT2D eigenvalue weighted by atomic mass is 16.6. The summed E-state index contributed by atoms with van der Waals surface area (Å²) in [5, 5.41) is 12.0. The van der Waals surface area contributed by atoms with Gasteiger partial charge in [0.15, 0.2) is 11.5 Å². The number of ether oxygens (including phenoxy) is 2. The average Bonchev–Trinajstić information content (AvgIpc) is 3.47. The zero-order chi connectivity index (χ0) is 30.9. The van der Waals surface area contributed by atoms with Crippen molar-refractivity contribution in [2.45, 2.75) is 19.1 Å². The fourth-order valence-corrected chi connectivity index (χ4v) is 6.72. The van der Waals surface area contributed by atoms with Gasteiger partial charge in [-0.3, -0.25) is 15.0 Å². The molecule has 0 spiro atoms. The summed E-state index contributed by atoms with van der Waals surface area (Å²) in [5.74, 6) is 1.31. The number of hydrogen-bond donors (Lipinski definition) is 0. The minimum absolute atomic E-state index is 0.0697. The molecule has 1 heterocycles. The number of non-ortho nitro benzene ring substituents is 1. The van der Waals surface area contributed by atoms with E-state index in [4.69, 9.17) is 9.47 Å². The molecule has 1 aliphatic carbocycles. The molecular formula is C39H32N2O4. The third-order valence-corrected chi connectivity index (χ3v) is 8.69. The van der Waals surface area contributed by atoms with Crippen molar-refractivity contribution in [3.8, 4) is 11.5 Å². The van der Waals surface area contributed by atoms with Crippen LogP contribution in [-0.2, 0) is 13.1 Å². The van der Waals surface area contributed by atoms with E-state index >= 15 is 0 Å². The Bertz CT molecular complexity index is 1960. The van der Waals surface area contributed by atoms with E-state index in [9.17, 15) is 10.1 Å². The molecule has 0 saturated heterocycles. The Hall–Kier alpha value is -5.46. The molecule has 0 amide bonds. The highest BCUT2D eigenvalue weighted by Crippen LogP contribution is 2.54. The minimum atomic E-state index is -0.317. The van der Waals surface area contributed by atoms with Crippen LogP contribution in [0.2, 0.25) is 0 Å². The lowest BCUT2D eigenvalue weighted by atomic mass is 9.78. The van der Waals surface area contributed by atoms with Gasteiger partial charge in [-0.15, -0.1) is 0 Å². The lowest BCUT2D eigenvalue weighted by Gasteiger charge is -2.41. The van der Waals surface area contributed by atoms with Gasteiger partial charge in [0, 0.05) is 25.2 Å². The molecule has 6 nitrogen and oxygen atoms in total. The van der Waals surface area contributed by atoms with E-state index in [0.29, 0.717) is 24.6 Å². The summed E-state index contributed by atoms with van der Waals surface area (Å²) >= 11 is 0. The Morgan fingerprint density at radius 3 is 2.20 bits per heavy atom. The first-order valence-corrected chi connectivity index (χ1v) is 14.9. The second kappa shape index (κ2) is 11.9. The van der Waals surface area contributed by atoms with Crippen LogP contribution in [-0.4, -0.2) is 24.0 Å². The highest BCUT2D eigenvalue weighted by molar-refractivity contribution is 6.24. The first kappa shape index (κ1) is 28.3. The van der Waals surface area contributed by atoms with Crippen molar-refractivity contribution in [2.24, 2.45) is 0 Å². The van der Waals surface area contributed by atoms with Crippen molar-refractivity contribution in [3.63, 3.8) is 0 Å². The Morgan fingerprint density at radius 2 is 1.47 bits per heavy atom. The molecule has 0 N–H and O–H groups in total. The third-order valence-electron chi connectivity index (χ3n) is 8.69. The Morgan fingerprint density at radius 1 is 0.778 bits per heavy atom. The van der Waals surface area contributed by atoms with Gasteiger partial charge in [-0.25, -0.2) is 0 Å². The zero-order valence-corrected chi connectivity index (χ0v) is 25.1. The molecule has 0 radical (unpaired) electrons. The smallest absolute Gasteiger partial charge is 0.269 e. The Labute approximate surface area is 262 Å². The number of nitrogens with zero attached hydrogens (tertiary/aromatic N) is 2. The maximum atomic E-state index is 12.0. The van der Waals surface area contributed by atoms with E-state index in [1.165, 1.54) is 0 Å². The van der Waals surface area contributed by atoms with Crippen LogP contribution in [0.25, 0.3) is 22.8 Å². The lowest BCUT2D eigenvalue weighted by molar-refractivity contribution is -0.384. The summed E-state index contributed by atoms with van der Waals surface area (Å²) < 4.78 is 11.6. The number of hydrogen-bond acceptors (Lipinski definition) is 5. The summed E-state index contributed by atoms with van der Waals surface area (Å²) in [5.41, 5.74) is 10.9. The van der Waals surface area contributed by atoms with Gasteiger partial charge in [0.25, 0.3) is 5.69 Å². The average molecular weight is 593 g/mol. The van der Waals surface area contributed by atoms with E-state index in [1.54, 1.807) is 32.4 Å². The summed E-state index contributed by atoms with van der Waals surface area (Å²) in [7, 11) is 3.31. The van der Waals surface area contributed by atoms with Crippen molar-refractivity contribution in [1.82, 2.24) is 4.90 Å². The fraction of sp³-hybridized carbons (Fsp3) is 0.128. The topological polar surface area (TPSA) is 64.8 Å². The van der Waals surface area contributed by atoms with Gasteiger partial charge in [-0.05, 0) is 73.9 Å². The molecule has 2 aliphatic rings. The third kappa shape index (κ3) is 5.19. The van der Waals surface area contributed by atoms with Crippen LogP contribution in [0.3, 0.4) is 0 Å². The van der Waals surface area contributed by atoms with Gasteiger partial charge in [-0.2, -0.15) is 0 Å². The normalized spacial score (nSPS) is 17.3. The summed E-state index contributed by atoms with van der Waals surface area (Å²) in [6.45, 7) is 1.26. The number of allylic oxidation sites excluding steroid dienone is 2. The van der Waals surface area contributed by atoms with Crippen LogP contribution >= 0.6 is 0 Å². The molecule has 0 saturated carbocycles. The number of rotatable bonds is 7. The summed E-state index contributed by atoms with van der Waals surface area (Å²) in [6.07, 6.45) is 2.26. The number of fused-ring (bicyclic) bond motifs is 2. The Kier molecular flexibility index (Phi) is 7.49. The molecule has 5 aromatic carbocycles. The molecule has 1 aliphatic heterocycles. The minimum Gasteiger partial charge on any atom is -0.493 e. The van der Waals surface area contributed by atoms with Gasteiger partial charge in [0.05, 0.1) is 25.2 Å². The molecular weight excluding hydrogens is 560 g/mol. The lowest BCUT2D eigenvalue weighted by Crippen LogP contribution is -2.34. The highest BCUT2D eigenvalue weighted by Gasteiger charge is 2.38. The molecule has 6 heteroatoms. The molecule has 45 heavy (non-hydrogen) atoms. The van der Waals surface area contributed by atoms with E-state index < -0.39 is 0 Å². The zero-order valence-electron chi connectivity index (χ0n) is 25.1. The molecule has 7 rings (SSSR count). The number of benzene rings is 5. The molecule has 1 unspecified atom stereocenters. The van der Waals surface area contributed by atoms with Crippen molar-refractivity contribution in [1.29, 1.82) is 0 Å². The molecule has 0 bridgehead atoms. The van der Waals surface area contributed by atoms with Crippen LogP contribution in [0.15, 0.2) is 121 Å². The van der Waals surface area contributed by atoms with E-state index in [2.05, 4.69) is 83.8 Å². The van der Waals surface area contributed by atoms with Gasteiger partial charge in [0.1, 0.15) is 0 Å². The van der Waals surface area contributed by atoms with Gasteiger partial charge >= 0.3 is 0 Å². The van der Waals surface area contributed by atoms with E-state index in [-0.39, 0.29) is 16.7 Å². The van der Waals surface area contributed by atoms with Crippen LogP contribution in [0.1, 0.15) is 45.0 Å². The second-order valence-corrected chi connectivity index (χ2v) is 11.3. The monoisotopic (exact) mass is 592 g/mol. The largest absolute Gasteiger partial charge is 0.493 e. The van der Waals surface area contributed by atoms with Crippen molar-refractivity contribution < 1.29 is 14.4 Å². The quantitative estimate of drug-likeness (QED) is 0.140. The maximum absolute atomic E-state index is 12.0.